The molecule has 1 aliphatic heterocycles. The van der Waals surface area contributed by atoms with Crippen LogP contribution in [0.15, 0.2) is 48.5 Å². The lowest BCUT2D eigenvalue weighted by molar-refractivity contribution is 0.0339. The van der Waals surface area contributed by atoms with Gasteiger partial charge in [-0.3, -0.25) is 10.2 Å². The summed E-state index contributed by atoms with van der Waals surface area (Å²) < 4.78 is 16.9. The predicted molar refractivity (Wildman–Crippen MR) is 126 cm³/mol. The SMILES string of the molecule is CCCCCCOc1ccccc1NC(=O)Oc1ccccc1CN1CCOCC1.Cl. The van der Waals surface area contributed by atoms with E-state index in [0.29, 0.717) is 23.8 Å². The molecule has 0 bridgehead atoms. The number of rotatable bonds is 10. The van der Waals surface area contributed by atoms with Crippen LogP contribution in [0.5, 0.6) is 11.5 Å². The van der Waals surface area contributed by atoms with Crippen LogP contribution >= 0.6 is 12.4 Å². The van der Waals surface area contributed by atoms with Gasteiger partial charge in [-0.25, -0.2) is 4.79 Å². The monoisotopic (exact) mass is 448 g/mol. The number of nitrogens with zero attached hydrogens (tertiary/aromatic N) is 1. The summed E-state index contributed by atoms with van der Waals surface area (Å²) in [4.78, 5) is 14.9. The van der Waals surface area contributed by atoms with Crippen molar-refractivity contribution in [3.05, 3.63) is 54.1 Å². The van der Waals surface area contributed by atoms with Gasteiger partial charge in [0.2, 0.25) is 0 Å². The Kier molecular flexibility index (Phi) is 11.2. The van der Waals surface area contributed by atoms with E-state index >= 15 is 0 Å². The number of benzene rings is 2. The van der Waals surface area contributed by atoms with Crippen LogP contribution in [-0.4, -0.2) is 43.9 Å². The van der Waals surface area contributed by atoms with Gasteiger partial charge < -0.3 is 14.2 Å². The van der Waals surface area contributed by atoms with E-state index in [0.717, 1.165) is 51.3 Å². The van der Waals surface area contributed by atoms with E-state index in [1.807, 2.05) is 48.5 Å². The molecule has 1 aliphatic rings. The van der Waals surface area contributed by atoms with Gasteiger partial charge in [0.15, 0.2) is 0 Å². The van der Waals surface area contributed by atoms with Crippen LogP contribution in [0.1, 0.15) is 38.2 Å². The third-order valence-electron chi connectivity index (χ3n) is 5.05. The zero-order chi connectivity index (χ0) is 21.0. The van der Waals surface area contributed by atoms with Gasteiger partial charge in [-0.15, -0.1) is 12.4 Å². The highest BCUT2D eigenvalue weighted by molar-refractivity contribution is 5.88. The van der Waals surface area contributed by atoms with E-state index in [-0.39, 0.29) is 12.4 Å². The summed E-state index contributed by atoms with van der Waals surface area (Å²) in [6.07, 6.45) is 4.03. The van der Waals surface area contributed by atoms with Crippen LogP contribution in [0.25, 0.3) is 0 Å². The molecule has 0 saturated carbocycles. The first-order chi connectivity index (χ1) is 14.8. The Morgan fingerprint density at radius 2 is 1.71 bits per heavy atom. The van der Waals surface area contributed by atoms with Crippen molar-refractivity contribution in [3.63, 3.8) is 0 Å². The summed E-state index contributed by atoms with van der Waals surface area (Å²) in [7, 11) is 0. The van der Waals surface area contributed by atoms with E-state index in [9.17, 15) is 4.79 Å². The Morgan fingerprint density at radius 1 is 1.00 bits per heavy atom. The fourth-order valence-corrected chi connectivity index (χ4v) is 3.38. The topological polar surface area (TPSA) is 60.0 Å². The first kappa shape index (κ1) is 25.0. The van der Waals surface area contributed by atoms with Crippen LogP contribution in [0.4, 0.5) is 10.5 Å². The quantitative estimate of drug-likeness (QED) is 0.485. The minimum Gasteiger partial charge on any atom is -0.491 e. The van der Waals surface area contributed by atoms with Gasteiger partial charge in [0, 0.05) is 25.2 Å². The van der Waals surface area contributed by atoms with E-state index in [1.165, 1.54) is 12.8 Å². The second kappa shape index (κ2) is 13.9. The van der Waals surface area contributed by atoms with E-state index < -0.39 is 6.09 Å². The summed E-state index contributed by atoms with van der Waals surface area (Å²) in [5.74, 6) is 1.23. The average molecular weight is 449 g/mol. The molecule has 31 heavy (non-hydrogen) atoms. The van der Waals surface area contributed by atoms with Gasteiger partial charge in [0.25, 0.3) is 0 Å². The van der Waals surface area contributed by atoms with Crippen molar-refractivity contribution < 1.29 is 19.0 Å². The normalized spacial score (nSPS) is 13.8. The molecule has 1 heterocycles. The molecule has 0 radical (unpaired) electrons. The molecule has 170 valence electrons. The zero-order valence-corrected chi connectivity index (χ0v) is 19.0. The molecule has 1 amide bonds. The predicted octanol–water partition coefficient (Wildman–Crippen LogP) is 5.51. The number of anilines is 1. The smallest absolute Gasteiger partial charge is 0.417 e. The number of ether oxygens (including phenoxy) is 3. The van der Waals surface area contributed by atoms with Crippen LogP contribution in [0.2, 0.25) is 0 Å². The van der Waals surface area contributed by atoms with Crippen molar-refractivity contribution in [2.24, 2.45) is 0 Å². The summed E-state index contributed by atoms with van der Waals surface area (Å²) in [6, 6.07) is 15.1. The van der Waals surface area contributed by atoms with Crippen LogP contribution < -0.4 is 14.8 Å². The largest absolute Gasteiger partial charge is 0.491 e. The number of halogens is 1. The summed E-state index contributed by atoms with van der Waals surface area (Å²) in [5, 5.41) is 2.82. The van der Waals surface area contributed by atoms with Gasteiger partial charge in [0.05, 0.1) is 25.5 Å². The van der Waals surface area contributed by atoms with Crippen molar-refractivity contribution in [2.45, 2.75) is 39.2 Å². The molecule has 0 atom stereocenters. The number of carbonyl (C=O) groups is 1. The Labute approximate surface area is 191 Å². The molecule has 0 unspecified atom stereocenters. The van der Waals surface area contributed by atoms with Crippen LogP contribution in [-0.2, 0) is 11.3 Å². The van der Waals surface area contributed by atoms with Gasteiger partial charge in [-0.05, 0) is 24.6 Å². The van der Waals surface area contributed by atoms with Crippen LogP contribution in [0, 0.1) is 0 Å². The number of unbranched alkanes of at least 4 members (excludes halogenated alkanes) is 3. The lowest BCUT2D eigenvalue weighted by atomic mass is 10.2. The minimum absolute atomic E-state index is 0. The number of amides is 1. The van der Waals surface area contributed by atoms with Crippen molar-refractivity contribution in [1.29, 1.82) is 0 Å². The highest BCUT2D eigenvalue weighted by atomic mass is 35.5. The van der Waals surface area contributed by atoms with Crippen molar-refractivity contribution in [2.75, 3.05) is 38.2 Å². The molecule has 6 nitrogen and oxygen atoms in total. The summed E-state index contributed by atoms with van der Waals surface area (Å²) >= 11 is 0. The Morgan fingerprint density at radius 3 is 2.48 bits per heavy atom. The Bertz CT molecular complexity index is 797. The molecule has 1 saturated heterocycles. The molecule has 1 fully saturated rings. The van der Waals surface area contributed by atoms with Crippen molar-refractivity contribution in [1.82, 2.24) is 4.90 Å². The third kappa shape index (κ3) is 8.40. The van der Waals surface area contributed by atoms with Crippen molar-refractivity contribution >= 4 is 24.2 Å². The van der Waals surface area contributed by atoms with Crippen molar-refractivity contribution in [3.8, 4) is 11.5 Å². The first-order valence-electron chi connectivity index (χ1n) is 10.8. The molecular formula is C24H33ClN2O4. The lowest BCUT2D eigenvalue weighted by Gasteiger charge is -2.27. The summed E-state index contributed by atoms with van der Waals surface area (Å²) in [6.45, 7) is 6.77. The zero-order valence-electron chi connectivity index (χ0n) is 18.2. The maximum Gasteiger partial charge on any atom is 0.417 e. The molecule has 7 heteroatoms. The number of morpholine rings is 1. The second-order valence-corrected chi connectivity index (χ2v) is 7.42. The molecule has 2 aromatic carbocycles. The average Bonchev–Trinajstić information content (AvgIpc) is 2.77. The first-order valence-corrected chi connectivity index (χ1v) is 10.8. The Balaban J connectivity index is 0.00000341. The maximum absolute atomic E-state index is 12.6. The molecule has 0 spiro atoms. The molecule has 0 aliphatic carbocycles. The van der Waals surface area contributed by atoms with E-state index in [1.54, 1.807) is 0 Å². The third-order valence-corrected chi connectivity index (χ3v) is 5.05. The van der Waals surface area contributed by atoms with Crippen LogP contribution in [0.3, 0.4) is 0 Å². The van der Waals surface area contributed by atoms with Gasteiger partial charge in [-0.2, -0.15) is 0 Å². The highest BCUT2D eigenvalue weighted by Gasteiger charge is 2.16. The highest BCUT2D eigenvalue weighted by Crippen LogP contribution is 2.26. The fraction of sp³-hybridized carbons (Fsp3) is 0.458. The fourth-order valence-electron chi connectivity index (χ4n) is 3.38. The number of nitrogens with one attached hydrogen (secondary N) is 1. The molecule has 1 N–H and O–H groups in total. The van der Waals surface area contributed by atoms with E-state index in [2.05, 4.69) is 17.1 Å². The molecule has 0 aromatic heterocycles. The number of para-hydroxylation sites is 3. The number of carbonyl (C=O) groups excluding carboxylic acids is 1. The summed E-state index contributed by atoms with van der Waals surface area (Å²) in [5.41, 5.74) is 1.60. The van der Waals surface area contributed by atoms with Gasteiger partial charge in [0.1, 0.15) is 11.5 Å². The molecular weight excluding hydrogens is 416 g/mol. The number of hydrogen-bond acceptors (Lipinski definition) is 5. The molecule has 2 aromatic rings. The Hall–Kier alpha value is -2.28. The minimum atomic E-state index is -0.522. The molecule has 3 rings (SSSR count). The van der Waals surface area contributed by atoms with Gasteiger partial charge >= 0.3 is 6.09 Å². The van der Waals surface area contributed by atoms with Gasteiger partial charge in [-0.1, -0.05) is 56.5 Å². The second-order valence-electron chi connectivity index (χ2n) is 7.42. The number of hydrogen-bond donors (Lipinski definition) is 1. The maximum atomic E-state index is 12.6. The standard InChI is InChI=1S/C24H32N2O4.ClH/c1-2-3-4-9-16-29-23-13-8-6-11-21(23)25-24(27)30-22-12-7-5-10-20(22)19-26-14-17-28-18-15-26;/h5-8,10-13H,2-4,9,14-19H2,1H3,(H,25,27);1H. The van der Waals surface area contributed by atoms with E-state index in [4.69, 9.17) is 14.2 Å². The lowest BCUT2D eigenvalue weighted by Crippen LogP contribution is -2.35.